The van der Waals surface area contributed by atoms with Crippen molar-refractivity contribution in [3.8, 4) is 0 Å². The average Bonchev–Trinajstić information content (AvgIpc) is 2.55. The first-order valence-electron chi connectivity index (χ1n) is 3.62. The molecule has 3 heteroatoms. The molecular weight excluding hydrogens is 170 g/mol. The summed E-state index contributed by atoms with van der Waals surface area (Å²) in [5, 5.41) is 4.04. The van der Waals surface area contributed by atoms with Gasteiger partial charge in [-0.25, -0.2) is 0 Å². The summed E-state index contributed by atoms with van der Waals surface area (Å²) in [6, 6.07) is 2.01. The number of likely N-dealkylation sites (N-methyl/N-ethyl adjacent to an activating group) is 1. The van der Waals surface area contributed by atoms with Gasteiger partial charge in [-0.05, 0) is 28.5 Å². The van der Waals surface area contributed by atoms with E-state index in [0.29, 0.717) is 6.54 Å². The normalized spacial score (nSPS) is 9.42. The highest BCUT2D eigenvalue weighted by molar-refractivity contribution is 7.07. The second kappa shape index (κ2) is 4.07. The molecular formula is C9H11NOS. The highest BCUT2D eigenvalue weighted by Crippen LogP contribution is 2.08. The van der Waals surface area contributed by atoms with E-state index in [2.05, 4.69) is 6.58 Å². The minimum Gasteiger partial charge on any atom is -0.338 e. The van der Waals surface area contributed by atoms with Gasteiger partial charge in [0.15, 0.2) is 0 Å². The number of nitrogens with zero attached hydrogens (tertiary/aromatic N) is 1. The maximum atomic E-state index is 11.0. The summed E-state index contributed by atoms with van der Waals surface area (Å²) in [5.74, 6) is -0.0406. The van der Waals surface area contributed by atoms with Gasteiger partial charge in [0.2, 0.25) is 5.91 Å². The van der Waals surface area contributed by atoms with Gasteiger partial charge in [-0.2, -0.15) is 11.3 Å². The van der Waals surface area contributed by atoms with Gasteiger partial charge in [-0.1, -0.05) is 6.58 Å². The van der Waals surface area contributed by atoms with Crippen molar-refractivity contribution >= 4 is 17.2 Å². The van der Waals surface area contributed by atoms with Crippen LogP contribution in [0.3, 0.4) is 0 Å². The van der Waals surface area contributed by atoms with Crippen molar-refractivity contribution in [1.29, 1.82) is 0 Å². The molecule has 1 heterocycles. The van der Waals surface area contributed by atoms with Gasteiger partial charge in [0.25, 0.3) is 0 Å². The fourth-order valence-corrected chi connectivity index (χ4v) is 1.55. The lowest BCUT2D eigenvalue weighted by molar-refractivity contribution is -0.125. The Hall–Kier alpha value is -1.09. The lowest BCUT2D eigenvalue weighted by Crippen LogP contribution is -2.23. The lowest BCUT2D eigenvalue weighted by atomic mass is 10.3. The van der Waals surface area contributed by atoms with E-state index in [0.717, 1.165) is 5.56 Å². The van der Waals surface area contributed by atoms with Gasteiger partial charge >= 0.3 is 0 Å². The van der Waals surface area contributed by atoms with Crippen LogP contribution in [-0.4, -0.2) is 17.9 Å². The maximum Gasteiger partial charge on any atom is 0.245 e. The molecule has 0 bridgehead atoms. The number of thiophene rings is 1. The highest BCUT2D eigenvalue weighted by atomic mass is 32.1. The van der Waals surface area contributed by atoms with E-state index in [1.807, 2.05) is 16.8 Å². The van der Waals surface area contributed by atoms with Crippen molar-refractivity contribution in [3.05, 3.63) is 35.0 Å². The van der Waals surface area contributed by atoms with E-state index in [1.54, 1.807) is 23.3 Å². The van der Waals surface area contributed by atoms with Crippen molar-refractivity contribution in [2.75, 3.05) is 7.05 Å². The van der Waals surface area contributed by atoms with E-state index in [4.69, 9.17) is 0 Å². The van der Waals surface area contributed by atoms with Crippen LogP contribution < -0.4 is 0 Å². The molecule has 0 fully saturated rings. The summed E-state index contributed by atoms with van der Waals surface area (Å²) in [6.45, 7) is 4.08. The van der Waals surface area contributed by atoms with Crippen molar-refractivity contribution in [2.45, 2.75) is 6.54 Å². The molecule has 0 unspecified atom stereocenters. The van der Waals surface area contributed by atoms with Crippen LogP contribution >= 0.6 is 11.3 Å². The molecule has 0 aliphatic rings. The van der Waals surface area contributed by atoms with Gasteiger partial charge in [0.05, 0.1) is 0 Å². The second-order valence-electron chi connectivity index (χ2n) is 2.53. The summed E-state index contributed by atoms with van der Waals surface area (Å²) >= 11 is 1.64. The molecule has 0 saturated carbocycles. The Bertz CT molecular complexity index is 266. The van der Waals surface area contributed by atoms with E-state index in [9.17, 15) is 4.79 Å². The smallest absolute Gasteiger partial charge is 0.245 e. The molecule has 0 N–H and O–H groups in total. The minimum absolute atomic E-state index is 0.0406. The second-order valence-corrected chi connectivity index (χ2v) is 3.31. The molecule has 0 atom stereocenters. The van der Waals surface area contributed by atoms with Gasteiger partial charge in [0, 0.05) is 13.6 Å². The van der Waals surface area contributed by atoms with Crippen molar-refractivity contribution < 1.29 is 4.79 Å². The fourth-order valence-electron chi connectivity index (χ4n) is 0.890. The van der Waals surface area contributed by atoms with Crippen LogP contribution in [0.4, 0.5) is 0 Å². The van der Waals surface area contributed by atoms with Gasteiger partial charge in [-0.3, -0.25) is 4.79 Å². The van der Waals surface area contributed by atoms with Crippen LogP contribution in [0.2, 0.25) is 0 Å². The molecule has 0 aliphatic carbocycles. The first kappa shape index (κ1) is 9.00. The van der Waals surface area contributed by atoms with E-state index in [1.165, 1.54) is 6.08 Å². The Morgan fingerprint density at radius 2 is 2.58 bits per heavy atom. The van der Waals surface area contributed by atoms with Crippen LogP contribution in [0, 0.1) is 0 Å². The first-order valence-corrected chi connectivity index (χ1v) is 4.57. The van der Waals surface area contributed by atoms with E-state index < -0.39 is 0 Å². The molecule has 1 rings (SSSR count). The molecule has 0 aromatic carbocycles. The van der Waals surface area contributed by atoms with Crippen LogP contribution in [0.15, 0.2) is 29.5 Å². The number of carbonyl (C=O) groups excluding carboxylic acids is 1. The molecule has 0 saturated heterocycles. The van der Waals surface area contributed by atoms with Gasteiger partial charge in [0.1, 0.15) is 0 Å². The van der Waals surface area contributed by atoms with Crippen LogP contribution in [0.25, 0.3) is 0 Å². The minimum atomic E-state index is -0.0406. The average molecular weight is 181 g/mol. The van der Waals surface area contributed by atoms with Crippen molar-refractivity contribution in [2.24, 2.45) is 0 Å². The number of amides is 1. The molecule has 0 aliphatic heterocycles. The van der Waals surface area contributed by atoms with Gasteiger partial charge in [-0.15, -0.1) is 0 Å². The monoisotopic (exact) mass is 181 g/mol. The Kier molecular flexibility index (Phi) is 3.05. The maximum absolute atomic E-state index is 11.0. The predicted octanol–water partition coefficient (Wildman–Crippen LogP) is 1.89. The quantitative estimate of drug-likeness (QED) is 0.652. The summed E-state index contributed by atoms with van der Waals surface area (Å²) in [6.07, 6.45) is 1.33. The van der Waals surface area contributed by atoms with Gasteiger partial charge < -0.3 is 4.90 Å². The van der Waals surface area contributed by atoms with E-state index >= 15 is 0 Å². The zero-order valence-electron chi connectivity index (χ0n) is 6.99. The summed E-state index contributed by atoms with van der Waals surface area (Å²) in [7, 11) is 1.77. The number of hydrogen-bond acceptors (Lipinski definition) is 2. The Morgan fingerprint density at radius 3 is 3.08 bits per heavy atom. The molecule has 1 aromatic heterocycles. The standard InChI is InChI=1S/C9H11NOS/c1-3-9(11)10(2)6-8-4-5-12-7-8/h3-5,7H,1,6H2,2H3. The third kappa shape index (κ3) is 2.20. The van der Waals surface area contributed by atoms with Crippen molar-refractivity contribution in [1.82, 2.24) is 4.90 Å². The number of rotatable bonds is 3. The lowest BCUT2D eigenvalue weighted by Gasteiger charge is -2.13. The topological polar surface area (TPSA) is 20.3 Å². The van der Waals surface area contributed by atoms with Crippen LogP contribution in [-0.2, 0) is 11.3 Å². The Morgan fingerprint density at radius 1 is 1.83 bits per heavy atom. The fraction of sp³-hybridized carbons (Fsp3) is 0.222. The van der Waals surface area contributed by atoms with Crippen molar-refractivity contribution in [3.63, 3.8) is 0 Å². The molecule has 0 spiro atoms. The largest absolute Gasteiger partial charge is 0.338 e. The summed E-state index contributed by atoms with van der Waals surface area (Å²) < 4.78 is 0. The first-order chi connectivity index (χ1) is 5.74. The van der Waals surface area contributed by atoms with Crippen LogP contribution in [0.5, 0.6) is 0 Å². The third-order valence-corrected chi connectivity index (χ3v) is 2.28. The zero-order chi connectivity index (χ0) is 8.97. The Balaban J connectivity index is 2.52. The molecule has 12 heavy (non-hydrogen) atoms. The highest BCUT2D eigenvalue weighted by Gasteiger charge is 2.04. The SMILES string of the molecule is C=CC(=O)N(C)Cc1ccsc1. The molecule has 0 radical (unpaired) electrons. The molecule has 1 aromatic rings. The van der Waals surface area contributed by atoms with Crippen LogP contribution in [0.1, 0.15) is 5.56 Å². The third-order valence-electron chi connectivity index (χ3n) is 1.55. The predicted molar refractivity (Wildman–Crippen MR) is 51.0 cm³/mol. The van der Waals surface area contributed by atoms with E-state index in [-0.39, 0.29) is 5.91 Å². The molecule has 2 nitrogen and oxygen atoms in total. The number of carbonyl (C=O) groups is 1. The molecule has 1 amide bonds. The Labute approximate surface area is 76.1 Å². The molecule has 64 valence electrons. The summed E-state index contributed by atoms with van der Waals surface area (Å²) in [4.78, 5) is 12.7. The summed E-state index contributed by atoms with van der Waals surface area (Å²) in [5.41, 5.74) is 1.16. The number of hydrogen-bond donors (Lipinski definition) is 0. The zero-order valence-corrected chi connectivity index (χ0v) is 7.80.